The van der Waals surface area contributed by atoms with E-state index in [4.69, 9.17) is 9.72 Å². The summed E-state index contributed by atoms with van der Waals surface area (Å²) in [7, 11) is 0. The summed E-state index contributed by atoms with van der Waals surface area (Å²) in [6.45, 7) is 3.75. The molecule has 34 heavy (non-hydrogen) atoms. The van der Waals surface area contributed by atoms with Gasteiger partial charge < -0.3 is 10.1 Å². The van der Waals surface area contributed by atoms with Crippen molar-refractivity contribution in [2.45, 2.75) is 30.8 Å². The second-order valence-corrected chi connectivity index (χ2v) is 9.37. The Morgan fingerprint density at radius 3 is 2.76 bits per heavy atom. The maximum Gasteiger partial charge on any atom is 0.262 e. The molecule has 3 aromatic heterocycles. The average Bonchev–Trinajstić information content (AvgIpc) is 3.50. The van der Waals surface area contributed by atoms with Crippen LogP contribution in [0.1, 0.15) is 19.0 Å². The summed E-state index contributed by atoms with van der Waals surface area (Å²) in [5.41, 5.74) is 2.72. The van der Waals surface area contributed by atoms with Crippen LogP contribution in [0.3, 0.4) is 0 Å². The first kappa shape index (κ1) is 22.6. The molecule has 0 bridgehead atoms. The van der Waals surface area contributed by atoms with Crippen molar-refractivity contribution in [3.63, 3.8) is 0 Å². The van der Waals surface area contributed by atoms with E-state index in [1.54, 1.807) is 27.7 Å². The number of para-hydroxylation sites is 2. The molecule has 0 aliphatic heterocycles. The van der Waals surface area contributed by atoms with Crippen molar-refractivity contribution in [2.75, 3.05) is 18.5 Å². The predicted octanol–water partition coefficient (Wildman–Crippen LogP) is 4.96. The number of fused-ring (bicyclic) bond motifs is 3. The van der Waals surface area contributed by atoms with Gasteiger partial charge >= 0.3 is 0 Å². The van der Waals surface area contributed by atoms with E-state index in [0.717, 1.165) is 33.6 Å². The quantitative estimate of drug-likeness (QED) is 0.218. The zero-order valence-electron chi connectivity index (χ0n) is 18.7. The predicted molar refractivity (Wildman–Crippen MR) is 137 cm³/mol. The molecule has 2 aromatic carbocycles. The standard InChI is InChI=1S/C24H24N6O2S2/c1-2-32-14-8-13-29-21(31)19-11-6-7-12-20(19)30-23(29)27-28-24(30)34-16-18-15-33-22(26-18)25-17-9-4-3-5-10-17/h3-7,9-12,15H,2,8,13-14,16H2,1H3,(H,25,26). The van der Waals surface area contributed by atoms with Crippen LogP contribution in [-0.4, -0.2) is 37.4 Å². The summed E-state index contributed by atoms with van der Waals surface area (Å²) >= 11 is 3.13. The molecule has 0 saturated heterocycles. The van der Waals surface area contributed by atoms with E-state index in [1.807, 2.05) is 71.3 Å². The summed E-state index contributed by atoms with van der Waals surface area (Å²) < 4.78 is 9.12. The van der Waals surface area contributed by atoms with Crippen LogP contribution in [0.15, 0.2) is 69.9 Å². The van der Waals surface area contributed by atoms with E-state index in [2.05, 4.69) is 15.5 Å². The highest BCUT2D eigenvalue weighted by atomic mass is 32.2. The van der Waals surface area contributed by atoms with Gasteiger partial charge in [0.05, 0.1) is 16.6 Å². The molecule has 0 aliphatic carbocycles. The van der Waals surface area contributed by atoms with Gasteiger partial charge in [0.2, 0.25) is 5.78 Å². The van der Waals surface area contributed by atoms with Gasteiger partial charge in [-0.2, -0.15) is 0 Å². The molecule has 174 valence electrons. The first-order valence-corrected chi connectivity index (χ1v) is 12.9. The van der Waals surface area contributed by atoms with Crippen molar-refractivity contribution < 1.29 is 4.74 Å². The molecule has 3 heterocycles. The molecule has 0 aliphatic rings. The molecule has 1 N–H and O–H groups in total. The normalized spacial score (nSPS) is 11.4. The van der Waals surface area contributed by atoms with Crippen molar-refractivity contribution in [3.8, 4) is 0 Å². The van der Waals surface area contributed by atoms with E-state index in [0.29, 0.717) is 36.7 Å². The zero-order chi connectivity index (χ0) is 23.3. The minimum atomic E-state index is -0.0559. The topological polar surface area (TPSA) is 86.3 Å². The summed E-state index contributed by atoms with van der Waals surface area (Å²) in [6, 6.07) is 17.6. The first-order chi connectivity index (χ1) is 16.7. The lowest BCUT2D eigenvalue weighted by atomic mass is 10.2. The third-order valence-electron chi connectivity index (χ3n) is 5.28. The lowest BCUT2D eigenvalue weighted by Crippen LogP contribution is -2.24. The van der Waals surface area contributed by atoms with Gasteiger partial charge in [0.1, 0.15) is 0 Å². The Labute approximate surface area is 204 Å². The van der Waals surface area contributed by atoms with Crippen LogP contribution in [-0.2, 0) is 17.0 Å². The Morgan fingerprint density at radius 2 is 1.91 bits per heavy atom. The second kappa shape index (κ2) is 10.4. The Bertz CT molecular complexity index is 1460. The zero-order valence-corrected chi connectivity index (χ0v) is 20.3. The van der Waals surface area contributed by atoms with Crippen molar-refractivity contribution >= 4 is 50.6 Å². The summed E-state index contributed by atoms with van der Waals surface area (Å²) in [5.74, 6) is 1.19. The third-order valence-corrected chi connectivity index (χ3v) is 7.05. The summed E-state index contributed by atoms with van der Waals surface area (Å²) in [6.07, 6.45) is 0.729. The van der Waals surface area contributed by atoms with Crippen molar-refractivity contribution in [3.05, 3.63) is 76.0 Å². The molecule has 0 fully saturated rings. The number of nitrogens with one attached hydrogen (secondary N) is 1. The number of ether oxygens (including phenoxy) is 1. The molecule has 0 saturated carbocycles. The third kappa shape index (κ3) is 4.70. The highest BCUT2D eigenvalue weighted by Gasteiger charge is 2.17. The number of thiazole rings is 1. The lowest BCUT2D eigenvalue weighted by Gasteiger charge is -2.11. The van der Waals surface area contributed by atoms with Crippen molar-refractivity contribution in [1.82, 2.24) is 24.1 Å². The Kier molecular flexibility index (Phi) is 6.89. The van der Waals surface area contributed by atoms with Crippen molar-refractivity contribution in [1.29, 1.82) is 0 Å². The first-order valence-electron chi connectivity index (χ1n) is 11.1. The van der Waals surface area contributed by atoms with Gasteiger partial charge in [-0.25, -0.2) is 4.98 Å². The number of aromatic nitrogens is 5. The number of aryl methyl sites for hydroxylation is 1. The van der Waals surface area contributed by atoms with Crippen LogP contribution < -0.4 is 10.9 Å². The largest absolute Gasteiger partial charge is 0.382 e. The highest BCUT2D eigenvalue weighted by molar-refractivity contribution is 7.98. The molecular weight excluding hydrogens is 468 g/mol. The Morgan fingerprint density at radius 1 is 1.09 bits per heavy atom. The minimum Gasteiger partial charge on any atom is -0.382 e. The fourth-order valence-corrected chi connectivity index (χ4v) is 5.38. The molecule has 0 radical (unpaired) electrons. The molecular formula is C24H24N6O2S2. The van der Waals surface area contributed by atoms with E-state index < -0.39 is 0 Å². The molecule has 5 aromatic rings. The van der Waals surface area contributed by atoms with Crippen LogP contribution in [0.5, 0.6) is 0 Å². The number of anilines is 2. The van der Waals surface area contributed by atoms with E-state index in [-0.39, 0.29) is 5.56 Å². The smallest absolute Gasteiger partial charge is 0.262 e. The summed E-state index contributed by atoms with van der Waals surface area (Å²) in [5, 5.41) is 16.4. The van der Waals surface area contributed by atoms with Crippen LogP contribution >= 0.6 is 23.1 Å². The van der Waals surface area contributed by atoms with Gasteiger partial charge in [0.25, 0.3) is 5.56 Å². The van der Waals surface area contributed by atoms with Gasteiger partial charge in [0, 0.05) is 36.6 Å². The van der Waals surface area contributed by atoms with E-state index in [9.17, 15) is 4.79 Å². The number of benzene rings is 2. The van der Waals surface area contributed by atoms with Crippen LogP contribution in [0.25, 0.3) is 16.7 Å². The molecule has 10 heteroatoms. The Hall–Kier alpha value is -3.21. The maximum atomic E-state index is 13.2. The lowest BCUT2D eigenvalue weighted by molar-refractivity contribution is 0.141. The van der Waals surface area contributed by atoms with Gasteiger partial charge in [0.15, 0.2) is 10.3 Å². The maximum absolute atomic E-state index is 13.2. The second-order valence-electron chi connectivity index (χ2n) is 7.57. The monoisotopic (exact) mass is 492 g/mol. The van der Waals surface area contributed by atoms with Gasteiger partial charge in [-0.3, -0.25) is 13.8 Å². The molecule has 0 amide bonds. The SMILES string of the molecule is CCOCCCn1c(=O)c2ccccc2n2c(SCc3csc(Nc4ccccc4)n3)nnc12. The fraction of sp³-hybridized carbons (Fsp3) is 0.250. The summed E-state index contributed by atoms with van der Waals surface area (Å²) in [4.78, 5) is 17.9. The fourth-order valence-electron chi connectivity index (χ4n) is 3.71. The Balaban J connectivity index is 1.41. The number of hydrogen-bond acceptors (Lipinski definition) is 8. The molecule has 0 unspecified atom stereocenters. The number of nitrogens with zero attached hydrogens (tertiary/aromatic N) is 5. The van der Waals surface area contributed by atoms with Gasteiger partial charge in [-0.05, 0) is 37.6 Å². The van der Waals surface area contributed by atoms with Crippen LogP contribution in [0.4, 0.5) is 10.8 Å². The molecule has 8 nitrogen and oxygen atoms in total. The van der Waals surface area contributed by atoms with Crippen molar-refractivity contribution in [2.24, 2.45) is 0 Å². The molecule has 0 atom stereocenters. The van der Waals surface area contributed by atoms with E-state index >= 15 is 0 Å². The average molecular weight is 493 g/mol. The number of thioether (sulfide) groups is 1. The minimum absolute atomic E-state index is 0.0559. The molecule has 5 rings (SSSR count). The number of hydrogen-bond donors (Lipinski definition) is 1. The highest BCUT2D eigenvalue weighted by Crippen LogP contribution is 2.27. The molecule has 0 spiro atoms. The van der Waals surface area contributed by atoms with Crippen LogP contribution in [0.2, 0.25) is 0 Å². The van der Waals surface area contributed by atoms with Gasteiger partial charge in [-0.1, -0.05) is 42.1 Å². The number of rotatable bonds is 10. The van der Waals surface area contributed by atoms with E-state index in [1.165, 1.54) is 0 Å². The van der Waals surface area contributed by atoms with Gasteiger partial charge in [-0.15, -0.1) is 21.5 Å². The van der Waals surface area contributed by atoms with Crippen LogP contribution in [0, 0.1) is 0 Å².